The van der Waals surface area contributed by atoms with E-state index in [2.05, 4.69) is 34.5 Å². The largest absolute Gasteiger partial charge is 0.445 e. The van der Waals surface area contributed by atoms with Crippen LogP contribution in [-0.2, 0) is 0 Å². The van der Waals surface area contributed by atoms with Crippen LogP contribution in [0.4, 0.5) is 0 Å². The van der Waals surface area contributed by atoms with Crippen molar-refractivity contribution >= 4 is 28.5 Å². The van der Waals surface area contributed by atoms with E-state index in [1.165, 1.54) is 0 Å². The van der Waals surface area contributed by atoms with Gasteiger partial charge in [-0.1, -0.05) is 0 Å². The molecule has 0 radical (unpaired) electrons. The molecule has 0 aromatic carbocycles. The molecule has 4 nitrogen and oxygen atoms in total. The predicted molar refractivity (Wildman–Crippen MR) is 64.8 cm³/mol. The molecule has 0 spiro atoms. The predicted octanol–water partition coefficient (Wildman–Crippen LogP) is 1.27. The van der Waals surface area contributed by atoms with E-state index < -0.39 is 0 Å². The number of hydrogen-bond donors (Lipinski definition) is 0. The maximum absolute atomic E-state index is 11.9. The highest BCUT2D eigenvalue weighted by molar-refractivity contribution is 14.1. The summed E-state index contributed by atoms with van der Waals surface area (Å²) >= 11 is 2.06. The second-order valence-electron chi connectivity index (χ2n) is 3.70. The zero-order valence-electron chi connectivity index (χ0n) is 8.57. The second kappa shape index (κ2) is 4.52. The SMILES string of the molecule is CN1CCN(C(=O)c2ccc(I)o2)CC1. The molecular formula is C10H13IN2O2. The van der Waals surface area contributed by atoms with Crippen LogP contribution in [0.3, 0.4) is 0 Å². The molecule has 1 aromatic heterocycles. The molecule has 1 amide bonds. The summed E-state index contributed by atoms with van der Waals surface area (Å²) in [5.41, 5.74) is 0. The maximum Gasteiger partial charge on any atom is 0.289 e. The third-order valence-electron chi connectivity index (χ3n) is 2.57. The van der Waals surface area contributed by atoms with Gasteiger partial charge >= 0.3 is 0 Å². The third-order valence-corrected chi connectivity index (χ3v) is 3.15. The number of likely N-dealkylation sites (N-methyl/N-ethyl adjacent to an activating group) is 1. The van der Waals surface area contributed by atoms with E-state index in [9.17, 15) is 4.79 Å². The van der Waals surface area contributed by atoms with Crippen LogP contribution >= 0.6 is 22.6 Å². The van der Waals surface area contributed by atoms with Crippen LogP contribution < -0.4 is 0 Å². The molecule has 1 fully saturated rings. The Morgan fingerprint density at radius 3 is 2.53 bits per heavy atom. The van der Waals surface area contributed by atoms with E-state index in [0.717, 1.165) is 29.9 Å². The van der Waals surface area contributed by atoms with E-state index in [0.29, 0.717) is 5.76 Å². The fourth-order valence-corrected chi connectivity index (χ4v) is 2.01. The van der Waals surface area contributed by atoms with Gasteiger partial charge < -0.3 is 14.2 Å². The molecule has 1 aromatic rings. The van der Waals surface area contributed by atoms with Gasteiger partial charge in [-0.25, -0.2) is 0 Å². The number of nitrogens with zero attached hydrogens (tertiary/aromatic N) is 2. The Morgan fingerprint density at radius 1 is 1.33 bits per heavy atom. The van der Waals surface area contributed by atoms with Gasteiger partial charge in [0, 0.05) is 26.2 Å². The average molecular weight is 320 g/mol. The van der Waals surface area contributed by atoms with Crippen molar-refractivity contribution in [1.29, 1.82) is 0 Å². The summed E-state index contributed by atoms with van der Waals surface area (Å²) in [6, 6.07) is 3.55. The number of carbonyl (C=O) groups excluding carboxylic acids is 1. The number of furan rings is 1. The number of amides is 1. The fourth-order valence-electron chi connectivity index (χ4n) is 1.59. The molecule has 1 aliphatic heterocycles. The highest BCUT2D eigenvalue weighted by Crippen LogP contribution is 2.13. The molecule has 2 rings (SSSR count). The van der Waals surface area contributed by atoms with Crippen molar-refractivity contribution in [3.8, 4) is 0 Å². The standard InChI is InChI=1S/C10H13IN2O2/c1-12-4-6-13(7-5-12)10(14)8-2-3-9(11)15-8/h2-3H,4-7H2,1H3. The molecule has 1 aliphatic rings. The first-order chi connectivity index (χ1) is 7.16. The lowest BCUT2D eigenvalue weighted by atomic mass is 10.3. The van der Waals surface area contributed by atoms with Crippen molar-refractivity contribution in [1.82, 2.24) is 9.80 Å². The molecule has 0 aliphatic carbocycles. The van der Waals surface area contributed by atoms with E-state index >= 15 is 0 Å². The van der Waals surface area contributed by atoms with Crippen LogP contribution in [0.5, 0.6) is 0 Å². The van der Waals surface area contributed by atoms with Crippen molar-refractivity contribution < 1.29 is 9.21 Å². The number of piperazine rings is 1. The summed E-state index contributed by atoms with van der Waals surface area (Å²) in [7, 11) is 2.07. The highest BCUT2D eigenvalue weighted by atomic mass is 127. The molecule has 0 N–H and O–H groups in total. The number of carbonyl (C=O) groups is 1. The fraction of sp³-hybridized carbons (Fsp3) is 0.500. The van der Waals surface area contributed by atoms with Gasteiger partial charge in [0.05, 0.1) is 0 Å². The van der Waals surface area contributed by atoms with E-state index in [1.807, 2.05) is 11.0 Å². The minimum atomic E-state index is 0.00557. The van der Waals surface area contributed by atoms with E-state index in [1.54, 1.807) is 6.07 Å². The molecule has 2 heterocycles. The number of rotatable bonds is 1. The Bertz CT molecular complexity index is 356. The Hall–Kier alpha value is -0.560. The minimum Gasteiger partial charge on any atom is -0.445 e. The summed E-state index contributed by atoms with van der Waals surface area (Å²) in [4.78, 5) is 16.0. The Labute approximate surface area is 102 Å². The molecule has 0 saturated carbocycles. The van der Waals surface area contributed by atoms with Gasteiger partial charge in [-0.2, -0.15) is 0 Å². The molecule has 0 unspecified atom stereocenters. The molecule has 0 bridgehead atoms. The normalized spacial score (nSPS) is 18.1. The Morgan fingerprint density at radius 2 is 2.00 bits per heavy atom. The van der Waals surface area contributed by atoms with Gasteiger partial charge in [0.2, 0.25) is 0 Å². The monoisotopic (exact) mass is 320 g/mol. The third kappa shape index (κ3) is 2.52. The second-order valence-corrected chi connectivity index (χ2v) is 4.76. The molecule has 15 heavy (non-hydrogen) atoms. The molecule has 0 atom stereocenters. The summed E-state index contributed by atoms with van der Waals surface area (Å²) < 4.78 is 6.06. The molecular weight excluding hydrogens is 307 g/mol. The summed E-state index contributed by atoms with van der Waals surface area (Å²) in [5.74, 6) is 0.454. The first kappa shape index (κ1) is 10.9. The van der Waals surface area contributed by atoms with Crippen LogP contribution in [0.2, 0.25) is 0 Å². The molecule has 82 valence electrons. The lowest BCUT2D eigenvalue weighted by molar-refractivity contribution is 0.0631. The van der Waals surface area contributed by atoms with Crippen molar-refractivity contribution in [2.75, 3.05) is 33.2 Å². The van der Waals surface area contributed by atoms with Crippen LogP contribution in [0.1, 0.15) is 10.6 Å². The van der Waals surface area contributed by atoms with Crippen molar-refractivity contribution in [2.24, 2.45) is 0 Å². The zero-order valence-corrected chi connectivity index (χ0v) is 10.7. The minimum absolute atomic E-state index is 0.00557. The summed E-state index contributed by atoms with van der Waals surface area (Å²) in [6.07, 6.45) is 0. The van der Waals surface area contributed by atoms with Crippen molar-refractivity contribution in [3.63, 3.8) is 0 Å². The zero-order chi connectivity index (χ0) is 10.8. The summed E-state index contributed by atoms with van der Waals surface area (Å²) in [5, 5.41) is 0. The van der Waals surface area contributed by atoms with Gasteiger partial charge in [0.25, 0.3) is 5.91 Å². The lowest BCUT2D eigenvalue weighted by Gasteiger charge is -2.31. The van der Waals surface area contributed by atoms with Gasteiger partial charge in [0.1, 0.15) is 0 Å². The van der Waals surface area contributed by atoms with Crippen LogP contribution in [0.25, 0.3) is 0 Å². The van der Waals surface area contributed by atoms with Crippen LogP contribution in [0, 0.1) is 3.77 Å². The van der Waals surface area contributed by atoms with Crippen LogP contribution in [-0.4, -0.2) is 48.9 Å². The Kier molecular flexibility index (Phi) is 3.30. The van der Waals surface area contributed by atoms with E-state index in [4.69, 9.17) is 4.42 Å². The Balaban J connectivity index is 2.02. The maximum atomic E-state index is 11.9. The molecule has 5 heteroatoms. The van der Waals surface area contributed by atoms with Gasteiger partial charge in [-0.15, -0.1) is 0 Å². The van der Waals surface area contributed by atoms with Crippen molar-refractivity contribution in [3.05, 3.63) is 21.7 Å². The lowest BCUT2D eigenvalue weighted by Crippen LogP contribution is -2.47. The quantitative estimate of drug-likeness (QED) is 0.732. The first-order valence-electron chi connectivity index (χ1n) is 4.90. The highest BCUT2D eigenvalue weighted by Gasteiger charge is 2.22. The average Bonchev–Trinajstić information content (AvgIpc) is 2.65. The van der Waals surface area contributed by atoms with Gasteiger partial charge in [0.15, 0.2) is 9.53 Å². The van der Waals surface area contributed by atoms with Crippen molar-refractivity contribution in [2.45, 2.75) is 0 Å². The number of halogens is 1. The topological polar surface area (TPSA) is 36.7 Å². The molecule has 1 saturated heterocycles. The first-order valence-corrected chi connectivity index (χ1v) is 5.98. The van der Waals surface area contributed by atoms with Crippen LogP contribution in [0.15, 0.2) is 16.5 Å². The van der Waals surface area contributed by atoms with Gasteiger partial charge in [-0.05, 0) is 41.8 Å². The smallest absolute Gasteiger partial charge is 0.289 e. The number of hydrogen-bond acceptors (Lipinski definition) is 3. The van der Waals surface area contributed by atoms with Gasteiger partial charge in [-0.3, -0.25) is 4.79 Å². The van der Waals surface area contributed by atoms with E-state index in [-0.39, 0.29) is 5.91 Å². The summed E-state index contributed by atoms with van der Waals surface area (Å²) in [6.45, 7) is 3.44.